The molecule has 0 radical (unpaired) electrons. The van der Waals surface area contributed by atoms with Gasteiger partial charge < -0.3 is 19.9 Å². The molecule has 1 saturated heterocycles. The lowest BCUT2D eigenvalue weighted by Gasteiger charge is -2.36. The lowest BCUT2D eigenvalue weighted by molar-refractivity contribution is -0.173. The summed E-state index contributed by atoms with van der Waals surface area (Å²) in [6.45, 7) is 1.92. The Morgan fingerprint density at radius 1 is 1.05 bits per heavy atom. The number of fused-ring (bicyclic) bond motifs is 1. The number of para-hydroxylation sites is 2. The summed E-state index contributed by atoms with van der Waals surface area (Å²) >= 11 is 12.1. The van der Waals surface area contributed by atoms with E-state index in [-0.39, 0.29) is 23.0 Å². The molecule has 0 aliphatic carbocycles. The van der Waals surface area contributed by atoms with Crippen LogP contribution in [0.4, 0.5) is 24.7 Å². The van der Waals surface area contributed by atoms with E-state index in [1.165, 1.54) is 6.07 Å². The topological polar surface area (TPSA) is 62.6 Å². The minimum Gasteiger partial charge on any atom is -0.495 e. The number of hydrogen-bond acceptors (Lipinski definition) is 5. The van der Waals surface area contributed by atoms with Crippen LogP contribution in [0.25, 0.3) is 0 Å². The number of piperazine rings is 1. The Morgan fingerprint density at radius 2 is 1.78 bits per heavy atom. The highest BCUT2D eigenvalue weighted by molar-refractivity contribution is 6.42. The fraction of sp³-hybridized carbons (Fsp3) is 0.360. The molecular formula is C25H24Cl2F3N5O2. The molecule has 0 spiro atoms. The zero-order valence-electron chi connectivity index (χ0n) is 19.8. The van der Waals surface area contributed by atoms with E-state index in [1.807, 2.05) is 24.3 Å². The van der Waals surface area contributed by atoms with E-state index < -0.39 is 24.2 Å². The second-order valence-electron chi connectivity index (χ2n) is 8.97. The molecule has 3 heterocycles. The average Bonchev–Trinajstić information content (AvgIpc) is 3.33. The summed E-state index contributed by atoms with van der Waals surface area (Å²) in [5.74, 6) is 0.459. The number of methoxy groups -OCH3 is 1. The van der Waals surface area contributed by atoms with Gasteiger partial charge in [-0.2, -0.15) is 18.3 Å². The van der Waals surface area contributed by atoms with Crippen molar-refractivity contribution in [3.05, 3.63) is 69.8 Å². The molecule has 0 unspecified atom stereocenters. The van der Waals surface area contributed by atoms with Gasteiger partial charge in [-0.25, -0.2) is 4.68 Å². The van der Waals surface area contributed by atoms with Crippen molar-refractivity contribution in [2.45, 2.75) is 24.7 Å². The molecule has 3 aromatic rings. The molecule has 0 saturated carbocycles. The summed E-state index contributed by atoms with van der Waals surface area (Å²) in [7, 11) is 1.60. The smallest absolute Gasteiger partial charge is 0.410 e. The molecule has 196 valence electrons. The first-order valence-electron chi connectivity index (χ1n) is 11.7. The van der Waals surface area contributed by atoms with E-state index in [2.05, 4.69) is 15.3 Å². The Labute approximate surface area is 221 Å². The Bertz CT molecular complexity index is 1310. The first-order chi connectivity index (χ1) is 17.7. The average molecular weight is 554 g/mol. The maximum absolute atomic E-state index is 14.0. The van der Waals surface area contributed by atoms with Gasteiger partial charge in [0.15, 0.2) is 11.7 Å². The van der Waals surface area contributed by atoms with E-state index >= 15 is 0 Å². The van der Waals surface area contributed by atoms with Crippen molar-refractivity contribution in [3.63, 3.8) is 0 Å². The molecule has 7 nitrogen and oxygen atoms in total. The van der Waals surface area contributed by atoms with Gasteiger partial charge in [0.2, 0.25) is 0 Å². The second-order valence-corrected chi connectivity index (χ2v) is 9.79. The highest BCUT2D eigenvalue weighted by Crippen LogP contribution is 2.44. The molecule has 2 aliphatic heterocycles. The number of aromatic nitrogens is 2. The van der Waals surface area contributed by atoms with Crippen LogP contribution >= 0.6 is 23.2 Å². The monoisotopic (exact) mass is 553 g/mol. The molecule has 37 heavy (non-hydrogen) atoms. The van der Waals surface area contributed by atoms with Crippen molar-refractivity contribution in [2.24, 2.45) is 0 Å². The summed E-state index contributed by atoms with van der Waals surface area (Å²) in [5.41, 5.74) is 1.47. The fourth-order valence-corrected chi connectivity index (χ4v) is 5.14. The van der Waals surface area contributed by atoms with Crippen molar-refractivity contribution in [1.82, 2.24) is 14.7 Å². The third-order valence-electron chi connectivity index (χ3n) is 6.75. The van der Waals surface area contributed by atoms with Gasteiger partial charge in [-0.05, 0) is 29.8 Å². The molecular weight excluding hydrogens is 530 g/mol. The van der Waals surface area contributed by atoms with Gasteiger partial charge in [0.1, 0.15) is 11.6 Å². The highest BCUT2D eigenvalue weighted by atomic mass is 35.5. The molecule has 1 amide bonds. The van der Waals surface area contributed by atoms with Crippen LogP contribution in [-0.2, 0) is 0 Å². The molecule has 1 aromatic heterocycles. The van der Waals surface area contributed by atoms with E-state index in [4.69, 9.17) is 27.9 Å². The fourth-order valence-electron chi connectivity index (χ4n) is 4.83. The number of alkyl halides is 3. The number of benzene rings is 2. The van der Waals surface area contributed by atoms with Gasteiger partial charge in [-0.15, -0.1) is 0 Å². The Morgan fingerprint density at radius 3 is 2.46 bits per heavy atom. The summed E-state index contributed by atoms with van der Waals surface area (Å²) in [6, 6.07) is 11.2. The minimum absolute atomic E-state index is 0.0303. The molecule has 1 fully saturated rings. The SMILES string of the molecule is COc1ccccc1N1CCN(C(=O)c2cc3n(n2)[C@@H](C(F)(F)F)C[C@H](c2ccc(Cl)c(Cl)c2)N3)CC1. The molecule has 0 bridgehead atoms. The standard InChI is InChI=1S/C25H24Cl2F3N5O2/c1-37-21-5-3-2-4-20(21)33-8-10-34(11-9-33)24(36)19-14-23-31-18(15-6-7-16(26)17(27)12-15)13-22(25(28,29)30)35(23)32-19/h2-7,12,14,18,22,31H,8-11,13H2,1H3/t18-,22-/m1/s1. The highest BCUT2D eigenvalue weighted by Gasteiger charge is 2.47. The number of nitrogens with one attached hydrogen (secondary N) is 1. The van der Waals surface area contributed by atoms with Gasteiger partial charge in [0.05, 0.1) is 28.9 Å². The van der Waals surface area contributed by atoms with Crippen molar-refractivity contribution in [3.8, 4) is 5.75 Å². The molecule has 2 atom stereocenters. The first-order valence-corrected chi connectivity index (χ1v) is 12.5. The number of halogens is 5. The summed E-state index contributed by atoms with van der Waals surface area (Å²) in [4.78, 5) is 17.0. The Balaban J connectivity index is 1.35. The predicted octanol–water partition coefficient (Wildman–Crippen LogP) is 5.82. The minimum atomic E-state index is -4.56. The third-order valence-corrected chi connectivity index (χ3v) is 7.49. The molecule has 1 N–H and O–H groups in total. The summed E-state index contributed by atoms with van der Waals surface area (Å²) in [5, 5.41) is 7.76. The van der Waals surface area contributed by atoms with Crippen molar-refractivity contribution in [2.75, 3.05) is 43.5 Å². The number of ether oxygens (including phenoxy) is 1. The quantitative estimate of drug-likeness (QED) is 0.441. The number of rotatable bonds is 4. The summed E-state index contributed by atoms with van der Waals surface area (Å²) in [6.07, 6.45) is -4.86. The number of amides is 1. The Kier molecular flexibility index (Phi) is 6.89. The van der Waals surface area contributed by atoms with E-state index in [0.717, 1.165) is 16.1 Å². The van der Waals surface area contributed by atoms with Crippen LogP contribution in [-0.4, -0.2) is 60.1 Å². The number of carbonyl (C=O) groups excluding carboxylic acids is 1. The number of carbonyl (C=O) groups is 1. The number of hydrogen-bond donors (Lipinski definition) is 1. The van der Waals surface area contributed by atoms with Crippen LogP contribution in [0.2, 0.25) is 10.0 Å². The zero-order chi connectivity index (χ0) is 26.3. The molecule has 5 rings (SSSR count). The van der Waals surface area contributed by atoms with Gasteiger partial charge in [0, 0.05) is 38.7 Å². The van der Waals surface area contributed by atoms with E-state index in [1.54, 1.807) is 30.2 Å². The lowest BCUT2D eigenvalue weighted by Crippen LogP contribution is -2.49. The molecule has 2 aliphatic rings. The van der Waals surface area contributed by atoms with Crippen LogP contribution < -0.4 is 15.0 Å². The van der Waals surface area contributed by atoms with Crippen LogP contribution in [0.1, 0.15) is 34.6 Å². The van der Waals surface area contributed by atoms with Gasteiger partial charge in [-0.3, -0.25) is 4.79 Å². The van der Waals surface area contributed by atoms with Crippen LogP contribution in [0, 0.1) is 0 Å². The van der Waals surface area contributed by atoms with E-state index in [0.29, 0.717) is 36.8 Å². The van der Waals surface area contributed by atoms with Crippen molar-refractivity contribution < 1.29 is 22.7 Å². The zero-order valence-corrected chi connectivity index (χ0v) is 21.3. The normalized spacial score (nSPS) is 19.8. The van der Waals surface area contributed by atoms with Gasteiger partial charge in [-0.1, -0.05) is 41.4 Å². The third kappa shape index (κ3) is 5.04. The maximum atomic E-state index is 14.0. The lowest BCUT2D eigenvalue weighted by atomic mass is 9.97. The van der Waals surface area contributed by atoms with Crippen molar-refractivity contribution >= 4 is 40.6 Å². The largest absolute Gasteiger partial charge is 0.495 e. The van der Waals surface area contributed by atoms with Crippen LogP contribution in [0.3, 0.4) is 0 Å². The van der Waals surface area contributed by atoms with Crippen molar-refractivity contribution in [1.29, 1.82) is 0 Å². The van der Waals surface area contributed by atoms with Gasteiger partial charge in [0.25, 0.3) is 5.91 Å². The summed E-state index contributed by atoms with van der Waals surface area (Å²) < 4.78 is 48.4. The predicted molar refractivity (Wildman–Crippen MR) is 136 cm³/mol. The Hall–Kier alpha value is -3.11. The number of nitrogens with zero attached hydrogens (tertiary/aromatic N) is 4. The van der Waals surface area contributed by atoms with Crippen LogP contribution in [0.5, 0.6) is 5.75 Å². The molecule has 12 heteroatoms. The first kappa shape index (κ1) is 25.5. The molecule has 2 aromatic carbocycles. The van der Waals surface area contributed by atoms with Gasteiger partial charge >= 0.3 is 6.18 Å². The van der Waals surface area contributed by atoms with E-state index in [9.17, 15) is 18.0 Å². The van der Waals surface area contributed by atoms with Crippen LogP contribution in [0.15, 0.2) is 48.5 Å². The maximum Gasteiger partial charge on any atom is 0.410 e. The number of anilines is 2. The second kappa shape index (κ2) is 9.98.